The predicted octanol–water partition coefficient (Wildman–Crippen LogP) is 1.16. The maximum absolute atomic E-state index is 13.9. The summed E-state index contributed by atoms with van der Waals surface area (Å²) in [6.45, 7) is 0.165. The van der Waals surface area contributed by atoms with Crippen LogP contribution in [0.1, 0.15) is 35.2 Å². The first-order valence-electron chi connectivity index (χ1n) is 6.98. The topological polar surface area (TPSA) is 60.8 Å². The summed E-state index contributed by atoms with van der Waals surface area (Å²) < 4.78 is 13.9. The summed E-state index contributed by atoms with van der Waals surface area (Å²) in [7, 11) is 0. The van der Waals surface area contributed by atoms with Crippen molar-refractivity contribution in [1.82, 2.24) is 4.90 Å². The summed E-state index contributed by atoms with van der Waals surface area (Å²) in [5, 5.41) is 18.0. The minimum Gasteiger partial charge on any atom is -0.394 e. The zero-order valence-corrected chi connectivity index (χ0v) is 11.7. The van der Waals surface area contributed by atoms with Gasteiger partial charge in [-0.05, 0) is 37.5 Å². The molecule has 1 aromatic rings. The fraction of sp³-hybridized carbons (Fsp3) is 0.438. The van der Waals surface area contributed by atoms with Crippen LogP contribution in [0.25, 0.3) is 0 Å². The van der Waals surface area contributed by atoms with Gasteiger partial charge in [0.05, 0.1) is 18.2 Å². The lowest BCUT2D eigenvalue weighted by Crippen LogP contribution is -2.45. The van der Waals surface area contributed by atoms with E-state index in [2.05, 4.69) is 11.8 Å². The second kappa shape index (κ2) is 7.21. The van der Waals surface area contributed by atoms with Crippen molar-refractivity contribution < 1.29 is 19.4 Å². The summed E-state index contributed by atoms with van der Waals surface area (Å²) in [6, 6.07) is 3.93. The highest BCUT2D eigenvalue weighted by molar-refractivity contribution is 5.94. The van der Waals surface area contributed by atoms with Crippen molar-refractivity contribution >= 4 is 5.91 Å². The minimum absolute atomic E-state index is 0.0751. The van der Waals surface area contributed by atoms with Crippen LogP contribution >= 0.6 is 0 Å². The van der Waals surface area contributed by atoms with E-state index in [0.29, 0.717) is 6.54 Å². The Morgan fingerprint density at radius 1 is 1.38 bits per heavy atom. The molecule has 0 bridgehead atoms. The average Bonchev–Trinajstić information content (AvgIpc) is 2.53. The first-order valence-corrected chi connectivity index (χ1v) is 6.98. The molecule has 1 heterocycles. The van der Waals surface area contributed by atoms with E-state index in [4.69, 9.17) is 5.11 Å². The number of nitrogens with zero attached hydrogens (tertiary/aromatic N) is 1. The number of piperidine rings is 1. The number of hydrogen-bond acceptors (Lipinski definition) is 3. The van der Waals surface area contributed by atoms with E-state index in [1.54, 1.807) is 4.90 Å². The normalized spacial score (nSPS) is 18.0. The fourth-order valence-corrected chi connectivity index (χ4v) is 2.51. The molecule has 1 aliphatic rings. The van der Waals surface area contributed by atoms with Crippen molar-refractivity contribution in [2.75, 3.05) is 19.8 Å². The van der Waals surface area contributed by atoms with Gasteiger partial charge >= 0.3 is 0 Å². The van der Waals surface area contributed by atoms with Gasteiger partial charge in [-0.15, -0.1) is 0 Å². The van der Waals surface area contributed by atoms with Crippen molar-refractivity contribution in [3.8, 4) is 11.8 Å². The van der Waals surface area contributed by atoms with E-state index in [9.17, 15) is 14.3 Å². The molecule has 0 spiro atoms. The molecule has 0 aliphatic carbocycles. The van der Waals surface area contributed by atoms with Crippen LogP contribution in [0, 0.1) is 17.7 Å². The number of carbonyl (C=O) groups is 1. The highest BCUT2D eigenvalue weighted by atomic mass is 19.1. The lowest BCUT2D eigenvalue weighted by Gasteiger charge is -2.34. The number of amides is 1. The van der Waals surface area contributed by atoms with Crippen LogP contribution in [0.3, 0.4) is 0 Å². The average molecular weight is 291 g/mol. The summed E-state index contributed by atoms with van der Waals surface area (Å²) >= 11 is 0. The number of halogens is 1. The van der Waals surface area contributed by atoms with Gasteiger partial charge in [0.2, 0.25) is 0 Å². The molecule has 1 aliphatic heterocycles. The molecule has 21 heavy (non-hydrogen) atoms. The third-order valence-corrected chi connectivity index (χ3v) is 3.62. The number of likely N-dealkylation sites (tertiary alicyclic amines) is 1. The highest BCUT2D eigenvalue weighted by Gasteiger charge is 2.27. The van der Waals surface area contributed by atoms with E-state index in [-0.39, 0.29) is 36.3 Å². The molecule has 4 nitrogen and oxygen atoms in total. The van der Waals surface area contributed by atoms with Crippen molar-refractivity contribution in [2.24, 2.45) is 0 Å². The van der Waals surface area contributed by atoms with Crippen molar-refractivity contribution in [3.05, 3.63) is 35.1 Å². The summed E-state index contributed by atoms with van der Waals surface area (Å²) in [4.78, 5) is 14.0. The quantitative estimate of drug-likeness (QED) is 0.804. The molecular formula is C16H18FNO3. The van der Waals surface area contributed by atoms with Gasteiger partial charge < -0.3 is 15.1 Å². The summed E-state index contributed by atoms with van der Waals surface area (Å²) in [5.74, 6) is 4.01. The Bertz CT molecular complexity index is 577. The summed E-state index contributed by atoms with van der Waals surface area (Å²) in [6.07, 6.45) is 2.65. The SMILES string of the molecule is O=C(c1ccc(C#CCO)c(F)c1)N1CCCCC1CO. The Kier molecular flexibility index (Phi) is 5.32. The van der Waals surface area contributed by atoms with Crippen LogP contribution < -0.4 is 0 Å². The highest BCUT2D eigenvalue weighted by Crippen LogP contribution is 2.20. The molecular weight excluding hydrogens is 273 g/mol. The molecule has 0 radical (unpaired) electrons. The van der Waals surface area contributed by atoms with Crippen LogP contribution in [0.2, 0.25) is 0 Å². The van der Waals surface area contributed by atoms with Crippen molar-refractivity contribution in [2.45, 2.75) is 25.3 Å². The Labute approximate surface area is 123 Å². The van der Waals surface area contributed by atoms with Gasteiger partial charge in [-0.1, -0.05) is 11.8 Å². The maximum atomic E-state index is 13.9. The molecule has 0 aromatic heterocycles. The van der Waals surface area contributed by atoms with Gasteiger partial charge in [0, 0.05) is 12.1 Å². The Hall–Kier alpha value is -1.90. The van der Waals surface area contributed by atoms with Crippen LogP contribution in [0.15, 0.2) is 18.2 Å². The third-order valence-electron chi connectivity index (χ3n) is 3.62. The van der Waals surface area contributed by atoms with Gasteiger partial charge in [0.15, 0.2) is 0 Å². The molecule has 1 saturated heterocycles. The van der Waals surface area contributed by atoms with Crippen LogP contribution in [-0.4, -0.2) is 46.8 Å². The van der Waals surface area contributed by atoms with Crippen molar-refractivity contribution in [3.63, 3.8) is 0 Å². The van der Waals surface area contributed by atoms with Gasteiger partial charge in [-0.3, -0.25) is 4.79 Å². The molecule has 1 fully saturated rings. The molecule has 1 aromatic carbocycles. The van der Waals surface area contributed by atoms with Gasteiger partial charge in [0.25, 0.3) is 5.91 Å². The lowest BCUT2D eigenvalue weighted by atomic mass is 10.0. The second-order valence-electron chi connectivity index (χ2n) is 4.99. The maximum Gasteiger partial charge on any atom is 0.254 e. The Morgan fingerprint density at radius 3 is 2.86 bits per heavy atom. The molecule has 112 valence electrons. The number of benzene rings is 1. The zero-order chi connectivity index (χ0) is 15.2. The Balaban J connectivity index is 2.21. The molecule has 1 atom stereocenters. The van der Waals surface area contributed by atoms with E-state index in [1.807, 2.05) is 0 Å². The van der Waals surface area contributed by atoms with E-state index < -0.39 is 5.82 Å². The van der Waals surface area contributed by atoms with Gasteiger partial charge in [0.1, 0.15) is 12.4 Å². The number of rotatable bonds is 2. The summed E-state index contributed by atoms with van der Waals surface area (Å²) in [5.41, 5.74) is 0.403. The standard InChI is InChI=1S/C16H18FNO3/c17-15-10-13(7-6-12(15)4-3-9-19)16(21)18-8-2-1-5-14(18)11-20/h6-7,10,14,19-20H,1-2,5,8-9,11H2. The van der Waals surface area contributed by atoms with E-state index >= 15 is 0 Å². The van der Waals surface area contributed by atoms with Gasteiger partial charge in [-0.2, -0.15) is 0 Å². The smallest absolute Gasteiger partial charge is 0.254 e. The van der Waals surface area contributed by atoms with E-state index in [1.165, 1.54) is 12.1 Å². The second-order valence-corrected chi connectivity index (χ2v) is 4.99. The van der Waals surface area contributed by atoms with Crippen LogP contribution in [0.4, 0.5) is 4.39 Å². The number of aliphatic hydroxyl groups excluding tert-OH is 2. The molecule has 2 N–H and O–H groups in total. The van der Waals surface area contributed by atoms with Crippen LogP contribution in [0.5, 0.6) is 0 Å². The largest absolute Gasteiger partial charge is 0.394 e. The van der Waals surface area contributed by atoms with Crippen molar-refractivity contribution in [1.29, 1.82) is 0 Å². The monoisotopic (exact) mass is 291 g/mol. The molecule has 1 unspecified atom stereocenters. The zero-order valence-electron chi connectivity index (χ0n) is 11.7. The minimum atomic E-state index is -0.584. The molecule has 2 rings (SSSR count). The lowest BCUT2D eigenvalue weighted by molar-refractivity contribution is 0.0502. The fourth-order valence-electron chi connectivity index (χ4n) is 2.51. The predicted molar refractivity (Wildman–Crippen MR) is 76.1 cm³/mol. The molecule has 5 heteroatoms. The third kappa shape index (κ3) is 3.60. The number of aliphatic hydroxyl groups is 2. The van der Waals surface area contributed by atoms with E-state index in [0.717, 1.165) is 25.3 Å². The number of hydrogen-bond donors (Lipinski definition) is 2. The van der Waals surface area contributed by atoms with Gasteiger partial charge in [-0.25, -0.2) is 4.39 Å². The number of carbonyl (C=O) groups excluding carboxylic acids is 1. The Morgan fingerprint density at radius 2 is 2.19 bits per heavy atom. The molecule has 1 amide bonds. The molecule has 0 saturated carbocycles. The first-order chi connectivity index (χ1) is 10.2. The first kappa shape index (κ1) is 15.5. The van der Waals surface area contributed by atoms with Crippen LogP contribution in [-0.2, 0) is 0 Å².